The smallest absolute Gasteiger partial charge is 0.238 e. The van der Waals surface area contributed by atoms with E-state index in [2.05, 4.69) is 17.6 Å². The van der Waals surface area contributed by atoms with Crippen LogP contribution in [-0.2, 0) is 4.79 Å². The van der Waals surface area contributed by atoms with E-state index in [1.807, 2.05) is 24.3 Å². The molecule has 0 saturated heterocycles. The molecular formula is C16H24N2O2. The van der Waals surface area contributed by atoms with Crippen molar-refractivity contribution in [3.63, 3.8) is 0 Å². The molecule has 0 heterocycles. The average molecular weight is 276 g/mol. The van der Waals surface area contributed by atoms with Crippen LogP contribution in [0.5, 0.6) is 5.75 Å². The molecule has 110 valence electrons. The third kappa shape index (κ3) is 4.23. The number of ether oxygens (including phenoxy) is 1. The van der Waals surface area contributed by atoms with Gasteiger partial charge in [0.15, 0.2) is 0 Å². The van der Waals surface area contributed by atoms with Gasteiger partial charge >= 0.3 is 0 Å². The van der Waals surface area contributed by atoms with Gasteiger partial charge < -0.3 is 15.4 Å². The van der Waals surface area contributed by atoms with Gasteiger partial charge in [0, 0.05) is 5.69 Å². The van der Waals surface area contributed by atoms with Crippen LogP contribution in [0.2, 0.25) is 0 Å². The molecule has 1 amide bonds. The standard InChI is InChI=1S/C16H24N2O2/c1-12-4-3-5-13(12)10-17-11-16(19)18-14-6-8-15(20-2)9-7-14/h6-9,12-13,17H,3-5,10-11H2,1-2H3,(H,18,19). The number of anilines is 1. The van der Waals surface area contributed by atoms with Crippen molar-refractivity contribution < 1.29 is 9.53 Å². The molecule has 1 aliphatic carbocycles. The molecule has 1 aliphatic rings. The van der Waals surface area contributed by atoms with Gasteiger partial charge in [-0.15, -0.1) is 0 Å². The summed E-state index contributed by atoms with van der Waals surface area (Å²) in [4.78, 5) is 11.8. The van der Waals surface area contributed by atoms with E-state index in [1.165, 1.54) is 19.3 Å². The lowest BCUT2D eigenvalue weighted by Crippen LogP contribution is -2.32. The molecule has 0 bridgehead atoms. The Morgan fingerprint density at radius 3 is 2.65 bits per heavy atom. The van der Waals surface area contributed by atoms with Crippen LogP contribution in [0, 0.1) is 11.8 Å². The Balaban J connectivity index is 1.69. The highest BCUT2D eigenvalue weighted by molar-refractivity contribution is 5.92. The van der Waals surface area contributed by atoms with Crippen molar-refractivity contribution in [2.75, 3.05) is 25.5 Å². The summed E-state index contributed by atoms with van der Waals surface area (Å²) in [5.74, 6) is 2.30. The maximum atomic E-state index is 11.8. The summed E-state index contributed by atoms with van der Waals surface area (Å²) in [6.45, 7) is 3.61. The molecule has 0 radical (unpaired) electrons. The Morgan fingerprint density at radius 2 is 2.05 bits per heavy atom. The molecule has 1 saturated carbocycles. The fourth-order valence-corrected chi connectivity index (χ4v) is 2.78. The van der Waals surface area contributed by atoms with Crippen molar-refractivity contribution in [1.29, 1.82) is 0 Å². The number of nitrogens with one attached hydrogen (secondary N) is 2. The van der Waals surface area contributed by atoms with Gasteiger partial charge in [-0.1, -0.05) is 19.8 Å². The predicted molar refractivity (Wildman–Crippen MR) is 81.0 cm³/mol. The molecule has 2 atom stereocenters. The van der Waals surface area contributed by atoms with Crippen LogP contribution in [0.15, 0.2) is 24.3 Å². The lowest BCUT2D eigenvalue weighted by molar-refractivity contribution is -0.115. The Morgan fingerprint density at radius 1 is 1.30 bits per heavy atom. The average Bonchev–Trinajstić information content (AvgIpc) is 2.85. The van der Waals surface area contributed by atoms with Crippen LogP contribution in [0.3, 0.4) is 0 Å². The number of methoxy groups -OCH3 is 1. The van der Waals surface area contributed by atoms with Gasteiger partial charge in [0.25, 0.3) is 0 Å². The molecule has 20 heavy (non-hydrogen) atoms. The van der Waals surface area contributed by atoms with Gasteiger partial charge in [0.2, 0.25) is 5.91 Å². The molecule has 0 aliphatic heterocycles. The van der Waals surface area contributed by atoms with Crippen LogP contribution in [0.25, 0.3) is 0 Å². The maximum absolute atomic E-state index is 11.8. The molecule has 0 aromatic heterocycles. The second-order valence-electron chi connectivity index (χ2n) is 5.58. The Bertz CT molecular complexity index is 431. The van der Waals surface area contributed by atoms with Crippen LogP contribution in [0.4, 0.5) is 5.69 Å². The summed E-state index contributed by atoms with van der Waals surface area (Å²) in [5.41, 5.74) is 0.798. The number of hydrogen-bond acceptors (Lipinski definition) is 3. The van der Waals surface area contributed by atoms with Crippen molar-refractivity contribution in [1.82, 2.24) is 5.32 Å². The SMILES string of the molecule is COc1ccc(NC(=O)CNCC2CCCC2C)cc1. The summed E-state index contributed by atoms with van der Waals surface area (Å²) in [6.07, 6.45) is 3.93. The minimum absolute atomic E-state index is 0.000756. The largest absolute Gasteiger partial charge is 0.497 e. The minimum atomic E-state index is 0.000756. The lowest BCUT2D eigenvalue weighted by Gasteiger charge is -2.15. The van der Waals surface area contributed by atoms with Crippen LogP contribution >= 0.6 is 0 Å². The Hall–Kier alpha value is -1.55. The van der Waals surface area contributed by atoms with Gasteiger partial charge in [-0.25, -0.2) is 0 Å². The van der Waals surface area contributed by atoms with Gasteiger partial charge in [0.05, 0.1) is 13.7 Å². The number of carbonyl (C=O) groups is 1. The van der Waals surface area contributed by atoms with Crippen LogP contribution < -0.4 is 15.4 Å². The molecule has 1 aromatic rings. The second-order valence-corrected chi connectivity index (χ2v) is 5.58. The predicted octanol–water partition coefficient (Wildman–Crippen LogP) is 2.66. The Kier molecular flexibility index (Phi) is 5.41. The van der Waals surface area contributed by atoms with Crippen molar-refractivity contribution >= 4 is 11.6 Å². The fourth-order valence-electron chi connectivity index (χ4n) is 2.78. The molecule has 4 nitrogen and oxygen atoms in total. The van der Waals surface area contributed by atoms with Crippen molar-refractivity contribution in [2.45, 2.75) is 26.2 Å². The maximum Gasteiger partial charge on any atom is 0.238 e. The van der Waals surface area contributed by atoms with Gasteiger partial charge in [0.1, 0.15) is 5.75 Å². The van der Waals surface area contributed by atoms with E-state index in [-0.39, 0.29) is 5.91 Å². The van der Waals surface area contributed by atoms with E-state index >= 15 is 0 Å². The summed E-state index contributed by atoms with van der Waals surface area (Å²) >= 11 is 0. The van der Waals surface area contributed by atoms with Gasteiger partial charge in [-0.2, -0.15) is 0 Å². The Labute approximate surface area is 120 Å². The molecule has 2 rings (SSSR count). The first-order valence-corrected chi connectivity index (χ1v) is 7.33. The molecule has 2 unspecified atom stereocenters. The monoisotopic (exact) mass is 276 g/mol. The molecule has 4 heteroatoms. The number of amides is 1. The third-order valence-corrected chi connectivity index (χ3v) is 4.10. The van der Waals surface area contributed by atoms with E-state index in [0.717, 1.165) is 29.8 Å². The van der Waals surface area contributed by atoms with Crippen LogP contribution in [0.1, 0.15) is 26.2 Å². The minimum Gasteiger partial charge on any atom is -0.497 e. The number of carbonyl (C=O) groups excluding carboxylic acids is 1. The fraction of sp³-hybridized carbons (Fsp3) is 0.562. The van der Waals surface area contributed by atoms with E-state index in [4.69, 9.17) is 4.74 Å². The van der Waals surface area contributed by atoms with Crippen molar-refractivity contribution in [3.8, 4) is 5.75 Å². The van der Waals surface area contributed by atoms with E-state index in [1.54, 1.807) is 7.11 Å². The molecule has 1 fully saturated rings. The number of rotatable bonds is 6. The highest BCUT2D eigenvalue weighted by Crippen LogP contribution is 2.30. The first-order valence-electron chi connectivity index (χ1n) is 7.33. The van der Waals surface area contributed by atoms with E-state index < -0.39 is 0 Å². The van der Waals surface area contributed by atoms with Crippen molar-refractivity contribution in [2.24, 2.45) is 11.8 Å². The number of benzene rings is 1. The number of hydrogen-bond donors (Lipinski definition) is 2. The topological polar surface area (TPSA) is 50.4 Å². The second kappa shape index (κ2) is 7.29. The molecule has 0 spiro atoms. The molecule has 1 aromatic carbocycles. The van der Waals surface area contributed by atoms with Crippen molar-refractivity contribution in [3.05, 3.63) is 24.3 Å². The molecule has 2 N–H and O–H groups in total. The third-order valence-electron chi connectivity index (χ3n) is 4.10. The van der Waals surface area contributed by atoms with E-state index in [0.29, 0.717) is 6.54 Å². The van der Waals surface area contributed by atoms with Gasteiger partial charge in [-0.3, -0.25) is 4.79 Å². The zero-order valence-corrected chi connectivity index (χ0v) is 12.3. The quantitative estimate of drug-likeness (QED) is 0.840. The highest BCUT2D eigenvalue weighted by Gasteiger charge is 2.22. The zero-order chi connectivity index (χ0) is 14.4. The van der Waals surface area contributed by atoms with Crippen LogP contribution in [-0.4, -0.2) is 26.1 Å². The first-order chi connectivity index (χ1) is 9.69. The van der Waals surface area contributed by atoms with E-state index in [9.17, 15) is 4.79 Å². The summed E-state index contributed by atoms with van der Waals surface area (Å²) < 4.78 is 5.08. The highest BCUT2D eigenvalue weighted by atomic mass is 16.5. The summed E-state index contributed by atoms with van der Waals surface area (Å²) in [7, 11) is 1.63. The summed E-state index contributed by atoms with van der Waals surface area (Å²) in [6, 6.07) is 7.36. The zero-order valence-electron chi connectivity index (χ0n) is 12.3. The summed E-state index contributed by atoms with van der Waals surface area (Å²) in [5, 5.41) is 6.14. The first kappa shape index (κ1) is 14.9. The lowest BCUT2D eigenvalue weighted by atomic mass is 9.98. The van der Waals surface area contributed by atoms with Gasteiger partial charge in [-0.05, 0) is 49.1 Å². The normalized spacial score (nSPS) is 21.7. The molecular weight excluding hydrogens is 252 g/mol.